The van der Waals surface area contributed by atoms with Gasteiger partial charge in [0.05, 0.1) is 0 Å². The fraction of sp³-hybridized carbons (Fsp3) is 0.538. The van der Waals surface area contributed by atoms with Crippen molar-refractivity contribution in [3.63, 3.8) is 0 Å². The van der Waals surface area contributed by atoms with Crippen LogP contribution in [0, 0.1) is 6.92 Å². The monoisotopic (exact) mass is 202 g/mol. The average molecular weight is 202 g/mol. The Morgan fingerprint density at radius 2 is 2.27 bits per heavy atom. The first-order chi connectivity index (χ1) is 7.34. The molecule has 0 aromatic heterocycles. The van der Waals surface area contributed by atoms with Gasteiger partial charge in [0, 0.05) is 32.2 Å². The Balaban J connectivity index is 2.01. The Morgan fingerprint density at radius 3 is 3.20 bits per heavy atom. The predicted octanol–water partition coefficient (Wildman–Crippen LogP) is 1.50. The minimum Gasteiger partial charge on any atom is -0.314 e. The van der Waals surface area contributed by atoms with E-state index in [2.05, 4.69) is 35.3 Å². The first kappa shape index (κ1) is 9.37. The second-order valence-electron chi connectivity index (χ2n) is 4.71. The molecule has 0 saturated carbocycles. The zero-order valence-corrected chi connectivity index (χ0v) is 9.29. The van der Waals surface area contributed by atoms with E-state index in [4.69, 9.17) is 0 Å². The van der Waals surface area contributed by atoms with Gasteiger partial charge in [-0.3, -0.25) is 4.90 Å². The quantitative estimate of drug-likeness (QED) is 0.686. The van der Waals surface area contributed by atoms with Crippen LogP contribution in [0.1, 0.15) is 22.7 Å². The Labute approximate surface area is 91.3 Å². The van der Waals surface area contributed by atoms with Crippen molar-refractivity contribution < 1.29 is 0 Å². The van der Waals surface area contributed by atoms with E-state index in [0.717, 1.165) is 13.1 Å². The van der Waals surface area contributed by atoms with E-state index in [1.54, 1.807) is 11.1 Å². The maximum absolute atomic E-state index is 3.50. The van der Waals surface area contributed by atoms with Crippen molar-refractivity contribution >= 4 is 0 Å². The van der Waals surface area contributed by atoms with E-state index in [0.29, 0.717) is 6.04 Å². The number of benzene rings is 1. The van der Waals surface area contributed by atoms with E-state index in [9.17, 15) is 0 Å². The van der Waals surface area contributed by atoms with Gasteiger partial charge in [-0.05, 0) is 24.5 Å². The summed E-state index contributed by atoms with van der Waals surface area (Å²) in [7, 11) is 0. The van der Waals surface area contributed by atoms with Gasteiger partial charge in [-0.25, -0.2) is 0 Å². The maximum atomic E-state index is 3.50. The molecule has 1 aromatic rings. The third-order valence-corrected chi connectivity index (χ3v) is 3.68. The van der Waals surface area contributed by atoms with E-state index < -0.39 is 0 Å². The highest BCUT2D eigenvalue weighted by atomic mass is 15.2. The predicted molar refractivity (Wildman–Crippen MR) is 62.1 cm³/mol. The molecule has 3 rings (SSSR count). The van der Waals surface area contributed by atoms with Crippen LogP contribution >= 0.6 is 0 Å². The largest absolute Gasteiger partial charge is 0.314 e. The van der Waals surface area contributed by atoms with Crippen molar-refractivity contribution in [2.24, 2.45) is 0 Å². The molecule has 2 heteroatoms. The number of fused-ring (bicyclic) bond motifs is 3. The van der Waals surface area contributed by atoms with Gasteiger partial charge >= 0.3 is 0 Å². The van der Waals surface area contributed by atoms with Crippen molar-refractivity contribution in [2.75, 3.05) is 26.2 Å². The van der Waals surface area contributed by atoms with Crippen molar-refractivity contribution in [2.45, 2.75) is 19.4 Å². The summed E-state index contributed by atoms with van der Waals surface area (Å²) in [5.41, 5.74) is 4.51. The summed E-state index contributed by atoms with van der Waals surface area (Å²) in [4.78, 5) is 2.62. The first-order valence-electron chi connectivity index (χ1n) is 5.89. The topological polar surface area (TPSA) is 15.3 Å². The van der Waals surface area contributed by atoms with E-state index >= 15 is 0 Å². The van der Waals surface area contributed by atoms with E-state index in [1.165, 1.54) is 25.1 Å². The van der Waals surface area contributed by atoms with Crippen LogP contribution in [0.25, 0.3) is 0 Å². The summed E-state index contributed by atoms with van der Waals surface area (Å²) in [6.07, 6.45) is 1.23. The Morgan fingerprint density at radius 1 is 1.33 bits per heavy atom. The second-order valence-corrected chi connectivity index (χ2v) is 4.71. The normalized spacial score (nSPS) is 25.8. The Bertz CT molecular complexity index is 373. The van der Waals surface area contributed by atoms with Crippen molar-refractivity contribution in [3.05, 3.63) is 34.9 Å². The molecule has 2 heterocycles. The molecule has 0 unspecified atom stereocenters. The smallest absolute Gasteiger partial charge is 0.0476 e. The number of piperazine rings is 1. The molecule has 1 fully saturated rings. The zero-order valence-electron chi connectivity index (χ0n) is 9.29. The van der Waals surface area contributed by atoms with Crippen molar-refractivity contribution in [1.29, 1.82) is 0 Å². The van der Waals surface area contributed by atoms with E-state index in [1.807, 2.05) is 0 Å². The molecule has 0 amide bonds. The molecule has 1 saturated heterocycles. The number of hydrogen-bond acceptors (Lipinski definition) is 2. The van der Waals surface area contributed by atoms with Crippen LogP contribution in [-0.2, 0) is 6.42 Å². The third-order valence-electron chi connectivity index (χ3n) is 3.68. The molecule has 2 aliphatic rings. The Hall–Kier alpha value is -0.860. The minimum absolute atomic E-state index is 0.627. The standard InChI is InChI=1S/C13H18N2/c1-10-2-3-11-4-6-15-7-5-14-9-13(15)12(11)8-10/h2-3,8,13-14H,4-7,9H2,1H3/t13-/m0/s1. The van der Waals surface area contributed by atoms with Crippen molar-refractivity contribution in [3.8, 4) is 0 Å². The van der Waals surface area contributed by atoms with Crippen LogP contribution in [0.2, 0.25) is 0 Å². The molecule has 0 aliphatic carbocycles. The van der Waals surface area contributed by atoms with Gasteiger partial charge in [0.2, 0.25) is 0 Å². The van der Waals surface area contributed by atoms with Crippen LogP contribution in [0.3, 0.4) is 0 Å². The minimum atomic E-state index is 0.627. The lowest BCUT2D eigenvalue weighted by molar-refractivity contribution is 0.152. The molecule has 2 aliphatic heterocycles. The highest BCUT2D eigenvalue weighted by Crippen LogP contribution is 2.30. The summed E-state index contributed by atoms with van der Waals surface area (Å²) in [5, 5.41) is 3.50. The zero-order chi connectivity index (χ0) is 10.3. The summed E-state index contributed by atoms with van der Waals surface area (Å²) in [5.74, 6) is 0. The van der Waals surface area contributed by atoms with E-state index in [-0.39, 0.29) is 0 Å². The molecule has 2 nitrogen and oxygen atoms in total. The van der Waals surface area contributed by atoms with Gasteiger partial charge in [0.15, 0.2) is 0 Å². The second kappa shape index (κ2) is 3.62. The highest BCUT2D eigenvalue weighted by molar-refractivity contribution is 5.36. The number of nitrogens with zero attached hydrogens (tertiary/aromatic N) is 1. The molecule has 80 valence electrons. The lowest BCUT2D eigenvalue weighted by Crippen LogP contribution is -2.48. The molecular formula is C13H18N2. The van der Waals surface area contributed by atoms with Crippen LogP contribution in [0.15, 0.2) is 18.2 Å². The third kappa shape index (κ3) is 1.58. The number of rotatable bonds is 0. The molecule has 0 radical (unpaired) electrons. The van der Waals surface area contributed by atoms with Gasteiger partial charge in [-0.2, -0.15) is 0 Å². The summed E-state index contributed by atoms with van der Waals surface area (Å²) in [6.45, 7) is 6.91. The lowest BCUT2D eigenvalue weighted by Gasteiger charge is -2.41. The van der Waals surface area contributed by atoms with Gasteiger partial charge < -0.3 is 5.32 Å². The molecular weight excluding hydrogens is 184 g/mol. The van der Waals surface area contributed by atoms with Crippen LogP contribution in [0.4, 0.5) is 0 Å². The van der Waals surface area contributed by atoms with Crippen LogP contribution in [-0.4, -0.2) is 31.1 Å². The fourth-order valence-corrected chi connectivity index (χ4v) is 2.84. The number of hydrogen-bond donors (Lipinski definition) is 1. The Kier molecular flexibility index (Phi) is 2.26. The first-order valence-corrected chi connectivity index (χ1v) is 5.89. The summed E-state index contributed by atoms with van der Waals surface area (Å²) < 4.78 is 0. The number of nitrogens with one attached hydrogen (secondary N) is 1. The van der Waals surface area contributed by atoms with Crippen LogP contribution < -0.4 is 5.32 Å². The average Bonchev–Trinajstić information content (AvgIpc) is 2.29. The van der Waals surface area contributed by atoms with Gasteiger partial charge in [-0.1, -0.05) is 23.8 Å². The fourth-order valence-electron chi connectivity index (χ4n) is 2.84. The summed E-state index contributed by atoms with van der Waals surface area (Å²) in [6, 6.07) is 7.56. The number of aryl methyl sites for hydroxylation is 1. The van der Waals surface area contributed by atoms with Gasteiger partial charge in [0.25, 0.3) is 0 Å². The van der Waals surface area contributed by atoms with Crippen molar-refractivity contribution in [1.82, 2.24) is 10.2 Å². The lowest BCUT2D eigenvalue weighted by atomic mass is 9.90. The van der Waals surface area contributed by atoms with Crippen LogP contribution in [0.5, 0.6) is 0 Å². The molecule has 0 spiro atoms. The van der Waals surface area contributed by atoms with Gasteiger partial charge in [-0.15, -0.1) is 0 Å². The molecule has 0 bridgehead atoms. The summed E-state index contributed by atoms with van der Waals surface area (Å²) >= 11 is 0. The SMILES string of the molecule is Cc1ccc2c(c1)[C@@H]1CNCCN1CC2. The molecule has 1 atom stereocenters. The molecule has 1 N–H and O–H groups in total. The molecule has 1 aromatic carbocycles. The molecule has 15 heavy (non-hydrogen) atoms. The maximum Gasteiger partial charge on any atom is 0.0476 e. The highest BCUT2D eigenvalue weighted by Gasteiger charge is 2.28. The van der Waals surface area contributed by atoms with Gasteiger partial charge in [0.1, 0.15) is 0 Å².